The molecule has 0 aromatic carbocycles. The molecule has 0 saturated carbocycles. The van der Waals surface area contributed by atoms with Crippen LogP contribution in [0.1, 0.15) is 20.8 Å². The lowest BCUT2D eigenvalue weighted by molar-refractivity contribution is 0.245. The van der Waals surface area contributed by atoms with Crippen LogP contribution in [0.3, 0.4) is 0 Å². The first-order valence-electron chi connectivity index (χ1n) is 6.16. The van der Waals surface area contributed by atoms with Crippen molar-refractivity contribution < 1.29 is 0 Å². The van der Waals surface area contributed by atoms with Crippen molar-refractivity contribution in [2.75, 3.05) is 40.3 Å². The smallest absolute Gasteiger partial charge is 0.0254 e. The molecule has 0 radical (unpaired) electrons. The van der Waals surface area contributed by atoms with Gasteiger partial charge in [-0.15, -0.1) is 0 Å². The fourth-order valence-corrected chi connectivity index (χ4v) is 2.67. The van der Waals surface area contributed by atoms with Crippen molar-refractivity contribution >= 4 is 0 Å². The van der Waals surface area contributed by atoms with Crippen molar-refractivity contribution in [3.05, 3.63) is 0 Å². The van der Waals surface area contributed by atoms with Gasteiger partial charge in [0.2, 0.25) is 0 Å². The first-order chi connectivity index (χ1) is 7.04. The zero-order valence-corrected chi connectivity index (χ0v) is 11.0. The minimum atomic E-state index is 0.614. The predicted molar refractivity (Wildman–Crippen MR) is 66.2 cm³/mol. The van der Waals surface area contributed by atoms with Crippen LogP contribution in [0.15, 0.2) is 0 Å². The lowest BCUT2D eigenvalue weighted by atomic mass is 10.1. The van der Waals surface area contributed by atoms with Crippen molar-refractivity contribution in [1.29, 1.82) is 0 Å². The summed E-state index contributed by atoms with van der Waals surface area (Å²) < 4.78 is 0. The molecule has 1 heterocycles. The van der Waals surface area contributed by atoms with Crippen LogP contribution < -0.4 is 5.32 Å². The van der Waals surface area contributed by atoms with Gasteiger partial charge in [0.1, 0.15) is 0 Å². The summed E-state index contributed by atoms with van der Waals surface area (Å²) in [6, 6.07) is 1.35. The van der Waals surface area contributed by atoms with Crippen LogP contribution in [-0.4, -0.2) is 62.2 Å². The van der Waals surface area contributed by atoms with Crippen molar-refractivity contribution in [3.63, 3.8) is 0 Å². The Morgan fingerprint density at radius 2 is 2.07 bits per heavy atom. The Labute approximate surface area is 94.8 Å². The van der Waals surface area contributed by atoms with Gasteiger partial charge in [0, 0.05) is 31.7 Å². The van der Waals surface area contributed by atoms with Gasteiger partial charge in [-0.2, -0.15) is 0 Å². The molecular weight excluding hydrogens is 186 g/mol. The third-order valence-electron chi connectivity index (χ3n) is 3.40. The Bertz CT molecular complexity index is 182. The Morgan fingerprint density at radius 1 is 1.40 bits per heavy atom. The topological polar surface area (TPSA) is 18.5 Å². The van der Waals surface area contributed by atoms with E-state index in [1.807, 2.05) is 0 Å². The van der Waals surface area contributed by atoms with Crippen molar-refractivity contribution in [3.8, 4) is 0 Å². The molecule has 3 unspecified atom stereocenters. The third-order valence-corrected chi connectivity index (χ3v) is 3.40. The maximum absolute atomic E-state index is 3.48. The number of likely N-dealkylation sites (N-methyl/N-ethyl adjacent to an activating group) is 2. The number of hydrogen-bond acceptors (Lipinski definition) is 3. The van der Waals surface area contributed by atoms with Crippen molar-refractivity contribution in [2.24, 2.45) is 5.92 Å². The molecule has 1 saturated heterocycles. The van der Waals surface area contributed by atoms with Gasteiger partial charge in [-0.05, 0) is 33.5 Å². The minimum absolute atomic E-state index is 0.614. The standard InChI is InChI=1S/C12H27N3/c1-6-13-11(3)8-15-7-10(2)12(9-15)14(4)5/h10-13H,6-9H2,1-5H3. The van der Waals surface area contributed by atoms with Gasteiger partial charge < -0.3 is 10.2 Å². The van der Waals surface area contributed by atoms with E-state index in [1.165, 1.54) is 19.6 Å². The minimum Gasteiger partial charge on any atom is -0.313 e. The summed E-state index contributed by atoms with van der Waals surface area (Å²) in [7, 11) is 4.39. The van der Waals surface area contributed by atoms with Crippen molar-refractivity contribution in [2.45, 2.75) is 32.9 Å². The molecule has 1 N–H and O–H groups in total. The molecule has 1 aliphatic heterocycles. The van der Waals surface area contributed by atoms with Crippen LogP contribution in [-0.2, 0) is 0 Å². The van der Waals surface area contributed by atoms with Gasteiger partial charge in [-0.1, -0.05) is 13.8 Å². The zero-order valence-electron chi connectivity index (χ0n) is 11.0. The Morgan fingerprint density at radius 3 is 2.53 bits per heavy atom. The second-order valence-electron chi connectivity index (χ2n) is 5.19. The summed E-state index contributed by atoms with van der Waals surface area (Å²) >= 11 is 0. The molecule has 90 valence electrons. The third kappa shape index (κ3) is 3.74. The Balaban J connectivity index is 2.34. The average Bonchev–Trinajstić information content (AvgIpc) is 2.47. The highest BCUT2D eigenvalue weighted by molar-refractivity contribution is 4.87. The molecule has 15 heavy (non-hydrogen) atoms. The largest absolute Gasteiger partial charge is 0.313 e. The van der Waals surface area contributed by atoms with E-state index in [-0.39, 0.29) is 0 Å². The highest BCUT2D eigenvalue weighted by atomic mass is 15.2. The highest BCUT2D eigenvalue weighted by Gasteiger charge is 2.31. The molecule has 0 bridgehead atoms. The first-order valence-corrected chi connectivity index (χ1v) is 6.16. The number of nitrogens with zero attached hydrogens (tertiary/aromatic N) is 2. The SMILES string of the molecule is CCNC(C)CN1CC(C)C(N(C)C)C1. The van der Waals surface area contributed by atoms with E-state index < -0.39 is 0 Å². The number of rotatable bonds is 5. The van der Waals surface area contributed by atoms with Crippen LogP contribution >= 0.6 is 0 Å². The van der Waals surface area contributed by atoms with E-state index in [1.54, 1.807) is 0 Å². The summed E-state index contributed by atoms with van der Waals surface area (Å²) in [5.74, 6) is 0.800. The quantitative estimate of drug-likeness (QED) is 0.731. The van der Waals surface area contributed by atoms with E-state index in [2.05, 4.69) is 50.0 Å². The van der Waals surface area contributed by atoms with Gasteiger partial charge in [0.15, 0.2) is 0 Å². The summed E-state index contributed by atoms with van der Waals surface area (Å²) in [5, 5.41) is 3.48. The van der Waals surface area contributed by atoms with Crippen LogP contribution in [0.25, 0.3) is 0 Å². The number of nitrogens with one attached hydrogen (secondary N) is 1. The van der Waals surface area contributed by atoms with Gasteiger partial charge in [-0.25, -0.2) is 0 Å². The second kappa shape index (κ2) is 5.83. The molecular formula is C12H27N3. The molecule has 3 nitrogen and oxygen atoms in total. The highest BCUT2D eigenvalue weighted by Crippen LogP contribution is 2.19. The number of hydrogen-bond donors (Lipinski definition) is 1. The summed E-state index contributed by atoms with van der Waals surface area (Å²) in [5.41, 5.74) is 0. The second-order valence-corrected chi connectivity index (χ2v) is 5.19. The van der Waals surface area contributed by atoms with E-state index in [0.717, 1.165) is 18.5 Å². The average molecular weight is 213 g/mol. The Hall–Kier alpha value is -0.120. The first kappa shape index (κ1) is 12.9. The van der Waals surface area contributed by atoms with Gasteiger partial charge in [0.05, 0.1) is 0 Å². The summed E-state index contributed by atoms with van der Waals surface area (Å²) in [4.78, 5) is 4.95. The summed E-state index contributed by atoms with van der Waals surface area (Å²) in [6.45, 7) is 11.5. The Kier molecular flexibility index (Phi) is 5.03. The van der Waals surface area contributed by atoms with Crippen LogP contribution in [0.5, 0.6) is 0 Å². The fourth-order valence-electron chi connectivity index (χ4n) is 2.67. The maximum atomic E-state index is 3.48. The van der Waals surface area contributed by atoms with Crippen LogP contribution in [0, 0.1) is 5.92 Å². The zero-order chi connectivity index (χ0) is 11.4. The number of likely N-dealkylation sites (tertiary alicyclic amines) is 1. The molecule has 0 spiro atoms. The molecule has 3 atom stereocenters. The van der Waals surface area contributed by atoms with Gasteiger partial charge >= 0.3 is 0 Å². The summed E-state index contributed by atoms with van der Waals surface area (Å²) in [6.07, 6.45) is 0. The van der Waals surface area contributed by atoms with Gasteiger partial charge in [-0.3, -0.25) is 4.90 Å². The van der Waals surface area contributed by atoms with E-state index >= 15 is 0 Å². The maximum Gasteiger partial charge on any atom is 0.0254 e. The monoisotopic (exact) mass is 213 g/mol. The molecule has 1 fully saturated rings. The molecule has 1 aliphatic rings. The molecule has 0 aromatic rings. The molecule has 0 amide bonds. The molecule has 0 aliphatic carbocycles. The van der Waals surface area contributed by atoms with Crippen molar-refractivity contribution in [1.82, 2.24) is 15.1 Å². The molecule has 3 heteroatoms. The van der Waals surface area contributed by atoms with Gasteiger partial charge in [0.25, 0.3) is 0 Å². The lowest BCUT2D eigenvalue weighted by Crippen LogP contribution is -2.39. The normalized spacial score (nSPS) is 30.0. The van der Waals surface area contributed by atoms with E-state index in [4.69, 9.17) is 0 Å². The van der Waals surface area contributed by atoms with Crippen LogP contribution in [0.2, 0.25) is 0 Å². The molecule has 0 aromatic heterocycles. The van der Waals surface area contributed by atoms with E-state index in [0.29, 0.717) is 6.04 Å². The molecule has 1 rings (SSSR count). The van der Waals surface area contributed by atoms with E-state index in [9.17, 15) is 0 Å². The fraction of sp³-hybridized carbons (Fsp3) is 1.00. The van der Waals surface area contributed by atoms with Crippen LogP contribution in [0.4, 0.5) is 0 Å². The lowest BCUT2D eigenvalue weighted by Gasteiger charge is -2.23. The predicted octanol–water partition coefficient (Wildman–Crippen LogP) is 0.866.